The fourth-order valence-electron chi connectivity index (χ4n) is 3.18. The standard InChI is InChI=1S/C18H19N5O2/c1-25-14-6-4-5-13(11-14)21-17(24)23-18(8-2-3-9-18)15-7-10-20-16(12-19)22-15/h4-7,10-11H,2-3,8-9H2,1H3,(H2,21,23,24). The van der Waals surface area contributed by atoms with Crippen LogP contribution in [0, 0.1) is 11.3 Å². The first kappa shape index (κ1) is 16.7. The molecule has 1 aliphatic rings. The highest BCUT2D eigenvalue weighted by molar-refractivity contribution is 5.90. The highest BCUT2D eigenvalue weighted by Gasteiger charge is 2.38. The maximum absolute atomic E-state index is 12.5. The maximum Gasteiger partial charge on any atom is 0.319 e. The Labute approximate surface area is 146 Å². The van der Waals surface area contributed by atoms with Gasteiger partial charge in [0.05, 0.1) is 18.3 Å². The third-order valence-electron chi connectivity index (χ3n) is 4.38. The number of rotatable bonds is 4. The molecule has 3 rings (SSSR count). The second kappa shape index (κ2) is 7.18. The van der Waals surface area contributed by atoms with Crippen molar-refractivity contribution in [1.29, 1.82) is 5.26 Å². The summed E-state index contributed by atoms with van der Waals surface area (Å²) in [6.45, 7) is 0. The van der Waals surface area contributed by atoms with Crippen molar-refractivity contribution in [3.8, 4) is 11.8 Å². The van der Waals surface area contributed by atoms with Gasteiger partial charge < -0.3 is 15.4 Å². The van der Waals surface area contributed by atoms with Crippen LogP contribution in [0.5, 0.6) is 5.75 Å². The molecule has 2 N–H and O–H groups in total. The van der Waals surface area contributed by atoms with Gasteiger partial charge in [-0.2, -0.15) is 5.26 Å². The average molecular weight is 337 g/mol. The summed E-state index contributed by atoms with van der Waals surface area (Å²) < 4.78 is 5.17. The predicted octanol–water partition coefficient (Wildman–Crippen LogP) is 2.95. The maximum atomic E-state index is 12.5. The van der Waals surface area contributed by atoms with Crippen molar-refractivity contribution in [2.75, 3.05) is 12.4 Å². The Morgan fingerprint density at radius 3 is 2.84 bits per heavy atom. The average Bonchev–Trinajstić information content (AvgIpc) is 3.11. The quantitative estimate of drug-likeness (QED) is 0.893. The minimum Gasteiger partial charge on any atom is -0.497 e. The molecule has 2 aromatic rings. The third kappa shape index (κ3) is 3.69. The van der Waals surface area contributed by atoms with Crippen molar-refractivity contribution in [3.63, 3.8) is 0 Å². The van der Waals surface area contributed by atoms with Crippen molar-refractivity contribution >= 4 is 11.7 Å². The zero-order valence-corrected chi connectivity index (χ0v) is 14.0. The smallest absolute Gasteiger partial charge is 0.319 e. The molecule has 25 heavy (non-hydrogen) atoms. The highest BCUT2D eigenvalue weighted by Crippen LogP contribution is 2.37. The number of nitrogens with one attached hydrogen (secondary N) is 2. The Hall–Kier alpha value is -3.14. The van der Waals surface area contributed by atoms with Crippen molar-refractivity contribution in [2.45, 2.75) is 31.2 Å². The number of urea groups is 1. The third-order valence-corrected chi connectivity index (χ3v) is 4.38. The van der Waals surface area contributed by atoms with E-state index in [9.17, 15) is 4.79 Å². The van der Waals surface area contributed by atoms with Crippen molar-refractivity contribution in [1.82, 2.24) is 15.3 Å². The highest BCUT2D eigenvalue weighted by atomic mass is 16.5. The molecule has 128 valence electrons. The molecule has 1 aromatic heterocycles. The number of anilines is 1. The lowest BCUT2D eigenvalue weighted by Crippen LogP contribution is -2.46. The van der Waals surface area contributed by atoms with Gasteiger partial charge in [0.25, 0.3) is 0 Å². The predicted molar refractivity (Wildman–Crippen MR) is 92.0 cm³/mol. The Kier molecular flexibility index (Phi) is 4.80. The lowest BCUT2D eigenvalue weighted by molar-refractivity contribution is 0.235. The van der Waals surface area contributed by atoms with Gasteiger partial charge in [0, 0.05) is 18.0 Å². The molecule has 1 aromatic carbocycles. The van der Waals surface area contributed by atoms with E-state index in [1.807, 2.05) is 18.2 Å². The van der Waals surface area contributed by atoms with Crippen LogP contribution >= 0.6 is 0 Å². The number of methoxy groups -OCH3 is 1. The van der Waals surface area contributed by atoms with E-state index in [0.29, 0.717) is 17.1 Å². The topological polar surface area (TPSA) is 99.9 Å². The van der Waals surface area contributed by atoms with Crippen molar-refractivity contribution in [2.24, 2.45) is 0 Å². The fraction of sp³-hybridized carbons (Fsp3) is 0.333. The number of benzene rings is 1. The molecule has 7 nitrogen and oxygen atoms in total. The van der Waals surface area contributed by atoms with Crippen molar-refractivity contribution < 1.29 is 9.53 Å². The summed E-state index contributed by atoms with van der Waals surface area (Å²) >= 11 is 0. The van der Waals surface area contributed by atoms with Crippen molar-refractivity contribution in [3.05, 3.63) is 48.0 Å². The largest absolute Gasteiger partial charge is 0.497 e. The number of hydrogen-bond acceptors (Lipinski definition) is 5. The number of carbonyl (C=O) groups excluding carboxylic acids is 1. The lowest BCUT2D eigenvalue weighted by Gasteiger charge is -2.29. The molecule has 0 spiro atoms. The number of aromatic nitrogens is 2. The summed E-state index contributed by atoms with van der Waals surface area (Å²) in [5.74, 6) is 0.779. The summed E-state index contributed by atoms with van der Waals surface area (Å²) in [6, 6.07) is 10.6. The molecule has 0 aliphatic heterocycles. The minimum absolute atomic E-state index is 0.110. The van der Waals surface area contributed by atoms with Crippen LogP contribution in [0.3, 0.4) is 0 Å². The lowest BCUT2D eigenvalue weighted by atomic mass is 9.93. The first-order valence-corrected chi connectivity index (χ1v) is 8.12. The Balaban J connectivity index is 1.79. The first-order chi connectivity index (χ1) is 12.1. The molecule has 1 saturated carbocycles. The molecular formula is C18H19N5O2. The van der Waals surface area contributed by atoms with E-state index in [1.54, 1.807) is 31.5 Å². The summed E-state index contributed by atoms with van der Waals surface area (Å²) in [5, 5.41) is 14.9. The first-order valence-electron chi connectivity index (χ1n) is 8.12. The molecule has 0 saturated heterocycles. The van der Waals surface area contributed by atoms with E-state index in [0.717, 1.165) is 25.7 Å². The van der Waals surface area contributed by atoms with E-state index < -0.39 is 5.54 Å². The van der Waals surface area contributed by atoms with Gasteiger partial charge in [0.2, 0.25) is 5.82 Å². The van der Waals surface area contributed by atoms with Gasteiger partial charge in [-0.15, -0.1) is 0 Å². The van der Waals surface area contributed by atoms with E-state index in [4.69, 9.17) is 10.00 Å². The number of carbonyl (C=O) groups is 1. The zero-order chi connectivity index (χ0) is 17.7. The van der Waals surface area contributed by atoms with E-state index in [2.05, 4.69) is 20.6 Å². The SMILES string of the molecule is COc1cccc(NC(=O)NC2(c3ccnc(C#N)n3)CCCC2)c1. The van der Waals surface area contributed by atoms with Gasteiger partial charge in [-0.25, -0.2) is 14.8 Å². The summed E-state index contributed by atoms with van der Waals surface area (Å²) in [4.78, 5) is 20.7. The summed E-state index contributed by atoms with van der Waals surface area (Å²) in [5.41, 5.74) is 0.750. The van der Waals surface area contributed by atoms with Crippen LogP contribution in [0.1, 0.15) is 37.2 Å². The van der Waals surface area contributed by atoms with Crippen LogP contribution in [-0.2, 0) is 5.54 Å². The molecule has 7 heteroatoms. The molecule has 0 unspecified atom stereocenters. The molecule has 1 heterocycles. The van der Waals surface area contributed by atoms with E-state index in [-0.39, 0.29) is 11.9 Å². The molecule has 0 atom stereocenters. The normalized spacial score (nSPS) is 15.2. The van der Waals surface area contributed by atoms with Crippen LogP contribution in [0.25, 0.3) is 0 Å². The second-order valence-electron chi connectivity index (χ2n) is 5.98. The molecule has 2 amide bonds. The number of nitrogens with zero attached hydrogens (tertiary/aromatic N) is 3. The van der Waals surface area contributed by atoms with Crippen LogP contribution < -0.4 is 15.4 Å². The second-order valence-corrected chi connectivity index (χ2v) is 5.98. The van der Waals surface area contributed by atoms with E-state index in [1.165, 1.54) is 0 Å². The summed E-state index contributed by atoms with van der Waals surface area (Å²) in [7, 11) is 1.58. The number of ether oxygens (including phenoxy) is 1. The Morgan fingerprint density at radius 2 is 2.12 bits per heavy atom. The minimum atomic E-state index is -0.572. The van der Waals surface area contributed by atoms with Gasteiger partial charge in [0.15, 0.2) is 0 Å². The van der Waals surface area contributed by atoms with Gasteiger partial charge in [-0.05, 0) is 31.0 Å². The summed E-state index contributed by atoms with van der Waals surface area (Å²) in [6.07, 6.45) is 5.10. The van der Waals surface area contributed by atoms with Crippen LogP contribution in [0.15, 0.2) is 36.5 Å². The van der Waals surface area contributed by atoms with Crippen LogP contribution in [0.2, 0.25) is 0 Å². The van der Waals surface area contributed by atoms with Gasteiger partial charge in [-0.1, -0.05) is 18.9 Å². The number of nitriles is 1. The van der Waals surface area contributed by atoms with Crippen LogP contribution in [0.4, 0.5) is 10.5 Å². The molecule has 0 radical (unpaired) electrons. The van der Waals surface area contributed by atoms with Gasteiger partial charge >= 0.3 is 6.03 Å². The van der Waals surface area contributed by atoms with Gasteiger partial charge in [-0.3, -0.25) is 0 Å². The Morgan fingerprint density at radius 1 is 1.32 bits per heavy atom. The van der Waals surface area contributed by atoms with Gasteiger partial charge in [0.1, 0.15) is 11.8 Å². The Bertz CT molecular complexity index is 809. The fourth-order valence-corrected chi connectivity index (χ4v) is 3.18. The van der Waals surface area contributed by atoms with Crippen LogP contribution in [-0.4, -0.2) is 23.1 Å². The molecule has 1 aliphatic carbocycles. The number of amides is 2. The van der Waals surface area contributed by atoms with E-state index >= 15 is 0 Å². The monoisotopic (exact) mass is 337 g/mol. The zero-order valence-electron chi connectivity index (χ0n) is 14.0. The molecule has 0 bridgehead atoms. The number of hydrogen-bond donors (Lipinski definition) is 2. The molecular weight excluding hydrogens is 318 g/mol. The molecule has 1 fully saturated rings.